The van der Waals surface area contributed by atoms with Gasteiger partial charge in [0.1, 0.15) is 0 Å². The van der Waals surface area contributed by atoms with E-state index in [-0.39, 0.29) is 0 Å². The minimum absolute atomic E-state index is 1.28. The van der Waals surface area contributed by atoms with E-state index in [0.717, 1.165) is 0 Å². The van der Waals surface area contributed by atoms with Gasteiger partial charge in [-0.3, -0.25) is 0 Å². The molecule has 0 radical (unpaired) electrons. The Morgan fingerprint density at radius 2 is 0.433 bits per heavy atom. The standard InChI is InChI=1S/C64H36S3/c1-3-21-41-39(19-1)57(40-20-2-4-22-42(40)58(41)50-30-13-27-47-37-17-9-11-34-54(37)65-62(47)50)49-29-16-36-56-61(49)53-33-15-32-52(64(53)67-56)60-45-25-7-5-23-43(45)59(44-24-6-8-26-46(44)60)51-31-14-28-48-38-18-10-12-35-55(38)66-63(48)51/h1-36H. The predicted molar refractivity (Wildman–Crippen MR) is 297 cm³/mol. The molecule has 0 unspecified atom stereocenters. The Kier molecular flexibility index (Phi) is 8.08. The molecule has 0 aliphatic rings. The highest BCUT2D eigenvalue weighted by Gasteiger charge is 2.24. The van der Waals surface area contributed by atoms with Gasteiger partial charge in [0.25, 0.3) is 0 Å². The number of hydrogen-bond acceptors (Lipinski definition) is 3. The van der Waals surface area contributed by atoms with E-state index in [1.807, 2.05) is 34.0 Å². The van der Waals surface area contributed by atoms with E-state index in [1.165, 1.54) is 148 Å². The molecular formula is C64H36S3. The third kappa shape index (κ3) is 5.33. The fourth-order valence-electron chi connectivity index (χ4n) is 11.6. The minimum Gasteiger partial charge on any atom is -0.135 e. The Morgan fingerprint density at radius 1 is 0.179 bits per heavy atom. The summed E-state index contributed by atoms with van der Waals surface area (Å²) in [6, 6.07) is 81.9. The van der Waals surface area contributed by atoms with Crippen LogP contribution in [0.1, 0.15) is 0 Å². The van der Waals surface area contributed by atoms with Crippen molar-refractivity contribution < 1.29 is 0 Å². The SMILES string of the molecule is c1ccc2c(c1)sc1c(-c3c4ccccc4c(-c4cccc5c4sc4cccc(-c6c7ccccc7c(-c7cccc8c7sc7ccccc78)c7ccccc67)c45)c4ccccc34)cccc12. The van der Waals surface area contributed by atoms with Crippen molar-refractivity contribution in [1.82, 2.24) is 0 Å². The fourth-order valence-corrected chi connectivity index (χ4v) is 15.3. The van der Waals surface area contributed by atoms with Gasteiger partial charge in [-0.25, -0.2) is 0 Å². The first-order valence-electron chi connectivity index (χ1n) is 22.9. The monoisotopic (exact) mass is 900 g/mol. The number of thiophene rings is 3. The van der Waals surface area contributed by atoms with Gasteiger partial charge in [0.2, 0.25) is 0 Å². The molecule has 3 heteroatoms. The van der Waals surface area contributed by atoms with Crippen LogP contribution in [0.3, 0.4) is 0 Å². The van der Waals surface area contributed by atoms with Crippen molar-refractivity contribution in [3.8, 4) is 44.5 Å². The second-order valence-corrected chi connectivity index (χ2v) is 20.9. The average molecular weight is 901 g/mol. The molecule has 0 fully saturated rings. The molecule has 3 aromatic heterocycles. The average Bonchev–Trinajstić information content (AvgIpc) is 4.09. The Morgan fingerprint density at radius 3 is 0.836 bits per heavy atom. The number of hydrogen-bond donors (Lipinski definition) is 0. The Bertz CT molecular complexity index is 4460. The minimum atomic E-state index is 1.28. The summed E-state index contributed by atoms with van der Waals surface area (Å²) in [5, 5.41) is 18.2. The van der Waals surface area contributed by atoms with Gasteiger partial charge in [0, 0.05) is 77.2 Å². The van der Waals surface area contributed by atoms with Crippen LogP contribution in [0, 0.1) is 0 Å². The van der Waals surface area contributed by atoms with Crippen LogP contribution in [-0.4, -0.2) is 0 Å². The second kappa shape index (κ2) is 14.4. The highest BCUT2D eigenvalue weighted by Crippen LogP contribution is 2.53. The van der Waals surface area contributed by atoms with Crippen LogP contribution in [0.15, 0.2) is 218 Å². The molecule has 0 bridgehead atoms. The van der Waals surface area contributed by atoms with Gasteiger partial charge >= 0.3 is 0 Å². The van der Waals surface area contributed by atoms with Gasteiger partial charge < -0.3 is 0 Å². The van der Waals surface area contributed by atoms with Crippen LogP contribution >= 0.6 is 34.0 Å². The fraction of sp³-hybridized carbons (Fsp3) is 0. The molecule has 15 aromatic rings. The molecule has 15 rings (SSSR count). The lowest BCUT2D eigenvalue weighted by atomic mass is 9.84. The lowest BCUT2D eigenvalue weighted by Crippen LogP contribution is -1.92. The summed E-state index contributed by atoms with van der Waals surface area (Å²) in [6.07, 6.45) is 0. The van der Waals surface area contributed by atoms with Crippen molar-refractivity contribution in [2.75, 3.05) is 0 Å². The topological polar surface area (TPSA) is 0 Å². The molecular weight excluding hydrogens is 865 g/mol. The first kappa shape index (κ1) is 37.5. The van der Waals surface area contributed by atoms with Crippen LogP contribution in [-0.2, 0) is 0 Å². The first-order valence-corrected chi connectivity index (χ1v) is 25.4. The van der Waals surface area contributed by atoms with Crippen LogP contribution < -0.4 is 0 Å². The predicted octanol–water partition coefficient (Wildman–Crippen LogP) is 20.1. The molecule has 0 saturated carbocycles. The molecule has 0 atom stereocenters. The first-order chi connectivity index (χ1) is 33.3. The van der Waals surface area contributed by atoms with Gasteiger partial charge in [-0.05, 0) is 89.1 Å². The van der Waals surface area contributed by atoms with Crippen LogP contribution in [0.2, 0.25) is 0 Å². The molecule has 67 heavy (non-hydrogen) atoms. The van der Waals surface area contributed by atoms with Crippen molar-refractivity contribution in [1.29, 1.82) is 0 Å². The molecule has 0 saturated heterocycles. The maximum atomic E-state index is 2.37. The summed E-state index contributed by atoms with van der Waals surface area (Å²) in [5.41, 5.74) is 10.4. The van der Waals surface area contributed by atoms with E-state index in [1.54, 1.807) is 0 Å². The maximum Gasteiger partial charge on any atom is 0.0434 e. The normalized spacial score (nSPS) is 12.2. The van der Waals surface area contributed by atoms with E-state index < -0.39 is 0 Å². The van der Waals surface area contributed by atoms with Crippen molar-refractivity contribution in [3.05, 3.63) is 218 Å². The van der Waals surface area contributed by atoms with Crippen molar-refractivity contribution >= 4 is 138 Å². The lowest BCUT2D eigenvalue weighted by molar-refractivity contribution is 1.71. The molecule has 0 amide bonds. The zero-order chi connectivity index (χ0) is 43.7. The van der Waals surface area contributed by atoms with Gasteiger partial charge in [0.05, 0.1) is 0 Å². The van der Waals surface area contributed by atoms with Crippen molar-refractivity contribution in [2.24, 2.45) is 0 Å². The van der Waals surface area contributed by atoms with Gasteiger partial charge in [0.15, 0.2) is 0 Å². The summed E-state index contributed by atoms with van der Waals surface area (Å²) in [7, 11) is 0. The largest absolute Gasteiger partial charge is 0.135 e. The summed E-state index contributed by atoms with van der Waals surface area (Å²) in [5.74, 6) is 0. The van der Waals surface area contributed by atoms with Crippen LogP contribution in [0.4, 0.5) is 0 Å². The number of benzene rings is 12. The molecule has 310 valence electrons. The molecule has 0 N–H and O–H groups in total. The second-order valence-electron chi connectivity index (χ2n) is 17.7. The highest BCUT2D eigenvalue weighted by atomic mass is 32.1. The van der Waals surface area contributed by atoms with Gasteiger partial charge in [-0.1, -0.05) is 200 Å². The third-order valence-corrected chi connectivity index (χ3v) is 17.9. The van der Waals surface area contributed by atoms with E-state index in [0.29, 0.717) is 0 Å². The lowest BCUT2D eigenvalue weighted by Gasteiger charge is -2.19. The maximum absolute atomic E-state index is 2.37. The zero-order valence-electron chi connectivity index (χ0n) is 36.0. The highest BCUT2D eigenvalue weighted by molar-refractivity contribution is 7.27. The van der Waals surface area contributed by atoms with Gasteiger partial charge in [-0.2, -0.15) is 0 Å². The molecule has 0 aliphatic heterocycles. The zero-order valence-corrected chi connectivity index (χ0v) is 38.5. The van der Waals surface area contributed by atoms with E-state index >= 15 is 0 Å². The smallest absolute Gasteiger partial charge is 0.0434 e. The van der Waals surface area contributed by atoms with Crippen LogP contribution in [0.5, 0.6) is 0 Å². The summed E-state index contributed by atoms with van der Waals surface area (Å²) in [6.45, 7) is 0. The molecule has 0 nitrogen and oxygen atoms in total. The Balaban J connectivity index is 1.000. The van der Waals surface area contributed by atoms with E-state index in [4.69, 9.17) is 0 Å². The molecule has 0 spiro atoms. The van der Waals surface area contributed by atoms with Crippen molar-refractivity contribution in [2.45, 2.75) is 0 Å². The quantitative estimate of drug-likeness (QED) is 0.154. The third-order valence-electron chi connectivity index (χ3n) is 14.3. The summed E-state index contributed by atoms with van der Waals surface area (Å²) < 4.78 is 7.96. The Labute approximate surface area is 397 Å². The molecule has 0 aliphatic carbocycles. The summed E-state index contributed by atoms with van der Waals surface area (Å²) in [4.78, 5) is 0. The number of fused-ring (bicyclic) bond motifs is 13. The van der Waals surface area contributed by atoms with Crippen LogP contribution in [0.25, 0.3) is 148 Å². The van der Waals surface area contributed by atoms with Gasteiger partial charge in [-0.15, -0.1) is 34.0 Å². The summed E-state index contributed by atoms with van der Waals surface area (Å²) >= 11 is 5.75. The Hall–Kier alpha value is -7.66. The molecule has 12 aromatic carbocycles. The van der Waals surface area contributed by atoms with E-state index in [9.17, 15) is 0 Å². The van der Waals surface area contributed by atoms with E-state index in [2.05, 4.69) is 218 Å². The molecule has 3 heterocycles. The van der Waals surface area contributed by atoms with Crippen molar-refractivity contribution in [3.63, 3.8) is 0 Å². The number of rotatable bonds is 4.